The number of benzene rings is 2. The third-order valence-corrected chi connectivity index (χ3v) is 4.71. The number of amides is 3. The van der Waals surface area contributed by atoms with Crippen LogP contribution in [0.4, 0.5) is 14.4 Å². The molecule has 0 aliphatic heterocycles. The first kappa shape index (κ1) is 27.4. The number of hydrogen-bond acceptors (Lipinski definition) is 6. The normalized spacial score (nSPS) is 12.2. The molecule has 9 heteroatoms. The summed E-state index contributed by atoms with van der Waals surface area (Å²) in [6.07, 6.45) is -3.36. The summed E-state index contributed by atoms with van der Waals surface area (Å²) in [5.41, 5.74) is 4.87. The second-order valence-corrected chi connectivity index (χ2v) is 8.40. The summed E-state index contributed by atoms with van der Waals surface area (Å²) in [5, 5.41) is 0.959. The molecule has 0 radical (unpaired) electrons. The molecule has 2 rings (SSSR count). The molecule has 0 aliphatic rings. The van der Waals surface area contributed by atoms with Crippen molar-refractivity contribution in [3.63, 3.8) is 0 Å². The van der Waals surface area contributed by atoms with Crippen LogP contribution in [0.5, 0.6) is 0 Å². The van der Waals surface area contributed by atoms with Crippen molar-refractivity contribution in [3.8, 4) is 0 Å². The van der Waals surface area contributed by atoms with Crippen LogP contribution in [-0.4, -0.2) is 47.3 Å². The SMILES string of the molecule is Cc1ccccc1/C(=N\C(=O)OCc1ccccc1)[C@@H](C)N(NC(=O)OC(C)C)C(=O)OC(C)C. The summed E-state index contributed by atoms with van der Waals surface area (Å²) < 4.78 is 15.8. The first-order valence-electron chi connectivity index (χ1n) is 11.4. The molecule has 188 valence electrons. The minimum atomic E-state index is -0.911. The number of ether oxygens (including phenoxy) is 3. The van der Waals surface area contributed by atoms with Crippen molar-refractivity contribution < 1.29 is 28.6 Å². The van der Waals surface area contributed by atoms with Gasteiger partial charge in [-0.25, -0.2) is 24.8 Å². The molecule has 0 aromatic heterocycles. The Labute approximate surface area is 206 Å². The number of hydrazine groups is 1. The molecule has 3 amide bonds. The average Bonchev–Trinajstić information content (AvgIpc) is 2.79. The molecule has 9 nitrogen and oxygen atoms in total. The summed E-state index contributed by atoms with van der Waals surface area (Å²) in [5.74, 6) is 0. The van der Waals surface area contributed by atoms with Gasteiger partial charge in [-0.05, 0) is 52.7 Å². The van der Waals surface area contributed by atoms with Crippen molar-refractivity contribution in [1.29, 1.82) is 0 Å². The minimum absolute atomic E-state index is 0.0384. The summed E-state index contributed by atoms with van der Waals surface area (Å²) in [6, 6.07) is 15.6. The van der Waals surface area contributed by atoms with Gasteiger partial charge in [0.15, 0.2) is 0 Å². The van der Waals surface area contributed by atoms with Crippen molar-refractivity contribution in [2.24, 2.45) is 4.99 Å². The van der Waals surface area contributed by atoms with E-state index in [-0.39, 0.29) is 12.3 Å². The van der Waals surface area contributed by atoms with Crippen LogP contribution in [0, 0.1) is 6.92 Å². The van der Waals surface area contributed by atoms with Crippen molar-refractivity contribution in [2.45, 2.75) is 66.4 Å². The second kappa shape index (κ2) is 13.1. The van der Waals surface area contributed by atoms with Crippen LogP contribution in [0.2, 0.25) is 0 Å². The van der Waals surface area contributed by atoms with Crippen molar-refractivity contribution in [1.82, 2.24) is 10.4 Å². The molecule has 0 unspecified atom stereocenters. The van der Waals surface area contributed by atoms with E-state index < -0.39 is 36.5 Å². The monoisotopic (exact) mass is 483 g/mol. The topological polar surface area (TPSA) is 107 Å². The Kier molecular flexibility index (Phi) is 10.3. The highest BCUT2D eigenvalue weighted by Gasteiger charge is 2.31. The Morgan fingerprint density at radius 1 is 0.886 bits per heavy atom. The molecule has 0 heterocycles. The summed E-state index contributed by atoms with van der Waals surface area (Å²) >= 11 is 0. The highest BCUT2D eigenvalue weighted by molar-refractivity contribution is 6.10. The Morgan fingerprint density at radius 2 is 1.49 bits per heavy atom. The number of nitrogens with one attached hydrogen (secondary N) is 1. The number of carbonyl (C=O) groups is 3. The van der Waals surface area contributed by atoms with E-state index in [2.05, 4.69) is 10.4 Å². The predicted molar refractivity (Wildman–Crippen MR) is 132 cm³/mol. The van der Waals surface area contributed by atoms with E-state index in [4.69, 9.17) is 14.2 Å². The molecule has 2 aromatic rings. The van der Waals surface area contributed by atoms with E-state index in [0.717, 1.165) is 16.1 Å². The third-order valence-electron chi connectivity index (χ3n) is 4.71. The highest BCUT2D eigenvalue weighted by Crippen LogP contribution is 2.16. The van der Waals surface area contributed by atoms with Crippen LogP contribution in [0.3, 0.4) is 0 Å². The average molecular weight is 484 g/mol. The molecule has 0 spiro atoms. The lowest BCUT2D eigenvalue weighted by atomic mass is 9.99. The van der Waals surface area contributed by atoms with Gasteiger partial charge in [0.2, 0.25) is 0 Å². The van der Waals surface area contributed by atoms with Crippen LogP contribution >= 0.6 is 0 Å². The Hall–Kier alpha value is -3.88. The smallest absolute Gasteiger partial charge is 0.434 e. The van der Waals surface area contributed by atoms with Crippen LogP contribution in [0.1, 0.15) is 51.3 Å². The number of carbonyl (C=O) groups excluding carboxylic acids is 3. The number of aliphatic imine (C=N–C) groups is 1. The van der Waals surface area contributed by atoms with Crippen molar-refractivity contribution in [2.75, 3.05) is 0 Å². The summed E-state index contributed by atoms with van der Waals surface area (Å²) in [7, 11) is 0. The van der Waals surface area contributed by atoms with E-state index in [9.17, 15) is 14.4 Å². The zero-order valence-electron chi connectivity index (χ0n) is 21.0. The van der Waals surface area contributed by atoms with Gasteiger partial charge >= 0.3 is 18.3 Å². The quantitative estimate of drug-likeness (QED) is 0.321. The van der Waals surface area contributed by atoms with Gasteiger partial charge in [0.25, 0.3) is 0 Å². The number of hydrogen-bond donors (Lipinski definition) is 1. The van der Waals surface area contributed by atoms with Crippen LogP contribution in [0.15, 0.2) is 59.6 Å². The lowest BCUT2D eigenvalue weighted by Crippen LogP contribution is -2.55. The largest absolute Gasteiger partial charge is 0.446 e. The zero-order chi connectivity index (χ0) is 26.0. The zero-order valence-corrected chi connectivity index (χ0v) is 21.0. The molecule has 35 heavy (non-hydrogen) atoms. The fourth-order valence-electron chi connectivity index (χ4n) is 3.11. The van der Waals surface area contributed by atoms with Gasteiger partial charge in [-0.15, -0.1) is 0 Å². The van der Waals surface area contributed by atoms with E-state index >= 15 is 0 Å². The summed E-state index contributed by atoms with van der Waals surface area (Å²) in [4.78, 5) is 42.1. The Balaban J connectivity index is 2.41. The van der Waals surface area contributed by atoms with E-state index in [1.54, 1.807) is 46.8 Å². The van der Waals surface area contributed by atoms with Gasteiger partial charge in [0.1, 0.15) is 6.61 Å². The maximum atomic E-state index is 12.9. The molecule has 0 saturated heterocycles. The molecular formula is C26H33N3O6. The standard InChI is InChI=1S/C26H33N3O6/c1-17(2)34-25(31)28-29(26(32)35-18(3)4)20(6)23(22-15-11-10-12-19(22)5)27-24(30)33-16-21-13-8-7-9-14-21/h7-15,17-18,20H,16H2,1-6H3,(H,28,31)/b27-23-/t20-/m1/s1. The van der Waals surface area contributed by atoms with Gasteiger partial charge in [0.05, 0.1) is 24.0 Å². The maximum absolute atomic E-state index is 12.9. The number of nitrogens with zero attached hydrogens (tertiary/aromatic N) is 2. The molecule has 1 atom stereocenters. The minimum Gasteiger partial charge on any atom is -0.446 e. The molecule has 1 N–H and O–H groups in total. The molecule has 2 aromatic carbocycles. The number of aryl methyl sites for hydroxylation is 1. The fourth-order valence-corrected chi connectivity index (χ4v) is 3.11. The van der Waals surface area contributed by atoms with Crippen LogP contribution in [-0.2, 0) is 20.8 Å². The van der Waals surface area contributed by atoms with E-state index in [1.807, 2.05) is 49.4 Å². The van der Waals surface area contributed by atoms with Crippen molar-refractivity contribution in [3.05, 3.63) is 71.3 Å². The molecule has 0 bridgehead atoms. The van der Waals surface area contributed by atoms with Gasteiger partial charge in [-0.3, -0.25) is 0 Å². The molecule has 0 aliphatic carbocycles. The summed E-state index contributed by atoms with van der Waals surface area (Å²) in [6.45, 7) is 10.2. The third kappa shape index (κ3) is 8.77. The van der Waals surface area contributed by atoms with Gasteiger partial charge in [-0.1, -0.05) is 54.6 Å². The second-order valence-electron chi connectivity index (χ2n) is 8.40. The highest BCUT2D eigenvalue weighted by atomic mass is 16.6. The predicted octanol–water partition coefficient (Wildman–Crippen LogP) is 5.41. The lowest BCUT2D eigenvalue weighted by molar-refractivity contribution is 0.0426. The van der Waals surface area contributed by atoms with Crippen LogP contribution in [0.25, 0.3) is 0 Å². The Morgan fingerprint density at radius 3 is 2.09 bits per heavy atom. The molecule has 0 fully saturated rings. The van der Waals surface area contributed by atoms with Gasteiger partial charge < -0.3 is 14.2 Å². The molecule has 0 saturated carbocycles. The van der Waals surface area contributed by atoms with Crippen molar-refractivity contribution >= 4 is 24.0 Å². The van der Waals surface area contributed by atoms with E-state index in [0.29, 0.717) is 5.56 Å². The maximum Gasteiger partial charge on any atom is 0.434 e. The fraction of sp³-hybridized carbons (Fsp3) is 0.385. The van der Waals surface area contributed by atoms with Crippen LogP contribution < -0.4 is 5.43 Å². The first-order chi connectivity index (χ1) is 16.6. The number of rotatable bonds is 7. The van der Waals surface area contributed by atoms with Gasteiger partial charge in [0, 0.05) is 5.56 Å². The lowest BCUT2D eigenvalue weighted by Gasteiger charge is -2.30. The van der Waals surface area contributed by atoms with Gasteiger partial charge in [-0.2, -0.15) is 4.99 Å². The first-order valence-corrected chi connectivity index (χ1v) is 11.4. The van der Waals surface area contributed by atoms with E-state index in [1.165, 1.54) is 0 Å². The Bertz CT molecular complexity index is 1040. The molecular weight excluding hydrogens is 450 g/mol.